The van der Waals surface area contributed by atoms with Gasteiger partial charge >= 0.3 is 6.09 Å². The van der Waals surface area contributed by atoms with Crippen LogP contribution in [0.25, 0.3) is 11.1 Å². The number of tetrazole rings is 1. The van der Waals surface area contributed by atoms with Crippen LogP contribution in [0.5, 0.6) is 0 Å². The zero-order chi connectivity index (χ0) is 23.4. The number of rotatable bonds is 8. The number of amides is 2. The Kier molecular flexibility index (Phi) is 6.59. The molecule has 0 bridgehead atoms. The van der Waals surface area contributed by atoms with Crippen molar-refractivity contribution in [3.05, 3.63) is 59.7 Å². The molecule has 0 spiro atoms. The second-order valence-electron chi connectivity index (χ2n) is 7.74. The molecule has 1 aliphatic heterocycles. The van der Waals surface area contributed by atoms with Crippen LogP contribution >= 0.6 is 0 Å². The zero-order valence-electron chi connectivity index (χ0n) is 18.3. The fourth-order valence-electron chi connectivity index (χ4n) is 3.52. The van der Waals surface area contributed by atoms with Gasteiger partial charge in [0, 0.05) is 26.1 Å². The summed E-state index contributed by atoms with van der Waals surface area (Å²) in [4.78, 5) is 24.6. The third-order valence-electron chi connectivity index (χ3n) is 5.30. The number of carbonyl (C=O) groups excluding carboxylic acids is 2. The van der Waals surface area contributed by atoms with Crippen LogP contribution in [0.1, 0.15) is 18.3 Å². The van der Waals surface area contributed by atoms with Crippen LogP contribution in [0.4, 0.5) is 14.9 Å². The van der Waals surface area contributed by atoms with Gasteiger partial charge in [-0.1, -0.05) is 24.3 Å². The highest BCUT2D eigenvalue weighted by Gasteiger charge is 2.32. The predicted octanol–water partition coefficient (Wildman–Crippen LogP) is 1.77. The normalized spacial score (nSPS) is 15.5. The van der Waals surface area contributed by atoms with E-state index in [1.165, 1.54) is 17.9 Å². The lowest BCUT2D eigenvalue weighted by Gasteiger charge is -2.15. The molecule has 11 heteroatoms. The molecule has 10 nitrogen and oxygen atoms in total. The number of halogens is 1. The maximum atomic E-state index is 14.9. The lowest BCUT2D eigenvalue weighted by atomic mass is 10.0. The second-order valence-corrected chi connectivity index (χ2v) is 7.74. The van der Waals surface area contributed by atoms with E-state index < -0.39 is 18.0 Å². The number of nitrogens with zero attached hydrogens (tertiary/aromatic N) is 5. The number of cyclic esters (lactones) is 1. The minimum atomic E-state index is -0.563. The number of anilines is 1. The van der Waals surface area contributed by atoms with E-state index in [-0.39, 0.29) is 19.0 Å². The Hall–Kier alpha value is -3.86. The van der Waals surface area contributed by atoms with Crippen LogP contribution in [0.2, 0.25) is 0 Å². The number of aromatic nitrogens is 4. The fraction of sp³-hybridized carbons (Fsp3) is 0.318. The lowest BCUT2D eigenvalue weighted by molar-refractivity contribution is -0.119. The average Bonchev–Trinajstić information content (AvgIpc) is 3.38. The summed E-state index contributed by atoms with van der Waals surface area (Å²) in [7, 11) is 1.78. The summed E-state index contributed by atoms with van der Waals surface area (Å²) in [6.07, 6.45) is -1.04. The molecule has 2 aromatic carbocycles. The van der Waals surface area contributed by atoms with E-state index in [4.69, 9.17) is 4.74 Å². The number of benzene rings is 2. The van der Waals surface area contributed by atoms with Crippen molar-refractivity contribution in [2.75, 3.05) is 18.0 Å². The van der Waals surface area contributed by atoms with Crippen molar-refractivity contribution in [1.82, 2.24) is 30.8 Å². The van der Waals surface area contributed by atoms with E-state index >= 15 is 0 Å². The topological polar surface area (TPSA) is 114 Å². The number of aryl methyl sites for hydroxylation is 1. The number of carbonyl (C=O) groups is 2. The van der Waals surface area contributed by atoms with Crippen LogP contribution in [0.3, 0.4) is 0 Å². The van der Waals surface area contributed by atoms with Crippen LogP contribution in [-0.4, -0.2) is 51.4 Å². The first kappa shape index (κ1) is 22.3. The first-order valence-corrected chi connectivity index (χ1v) is 10.4. The minimum Gasteiger partial charge on any atom is -0.442 e. The number of hydrogen-bond donors (Lipinski definition) is 2. The van der Waals surface area contributed by atoms with Gasteiger partial charge in [-0.3, -0.25) is 9.69 Å². The van der Waals surface area contributed by atoms with Gasteiger partial charge in [0.05, 0.1) is 25.3 Å². The van der Waals surface area contributed by atoms with E-state index in [0.717, 1.165) is 17.0 Å². The standard InChI is InChI=1S/C22H24FN7O3/c1-14(31)25-11-18-13-30(22(32)33-18)17-7-8-19(20(23)9-17)16-5-3-15(4-6-16)10-24-12-21-26-27-28-29(21)2/h3-9,18,24H,10-13H2,1-2H3,(H,25,31)/t18-/m0/s1. The molecular formula is C22H24FN7O3. The molecule has 2 amide bonds. The maximum absolute atomic E-state index is 14.9. The second kappa shape index (κ2) is 9.74. The summed E-state index contributed by atoms with van der Waals surface area (Å²) >= 11 is 0. The third kappa shape index (κ3) is 5.32. The van der Waals surface area contributed by atoms with E-state index in [1.807, 2.05) is 24.3 Å². The largest absolute Gasteiger partial charge is 0.442 e. The van der Waals surface area contributed by atoms with Gasteiger partial charge in [0.25, 0.3) is 0 Å². The van der Waals surface area contributed by atoms with Gasteiger partial charge in [-0.2, -0.15) is 0 Å². The molecule has 3 aromatic rings. The summed E-state index contributed by atoms with van der Waals surface area (Å²) in [6.45, 7) is 3.00. The van der Waals surface area contributed by atoms with Crippen molar-refractivity contribution in [1.29, 1.82) is 0 Å². The highest BCUT2D eigenvalue weighted by atomic mass is 19.1. The number of hydrogen-bond acceptors (Lipinski definition) is 7. The molecule has 2 N–H and O–H groups in total. The molecule has 2 heterocycles. The van der Waals surface area contributed by atoms with E-state index in [9.17, 15) is 14.0 Å². The lowest BCUT2D eigenvalue weighted by Crippen LogP contribution is -2.33. The molecule has 0 aliphatic carbocycles. The van der Waals surface area contributed by atoms with Gasteiger partial charge in [-0.15, -0.1) is 5.10 Å². The first-order chi connectivity index (χ1) is 15.9. The van der Waals surface area contributed by atoms with Crippen molar-refractivity contribution in [3.8, 4) is 11.1 Å². The molecule has 172 valence electrons. The Morgan fingerprint density at radius 3 is 2.67 bits per heavy atom. The van der Waals surface area contributed by atoms with Crippen molar-refractivity contribution < 1.29 is 18.7 Å². The van der Waals surface area contributed by atoms with Crippen molar-refractivity contribution >= 4 is 17.7 Å². The van der Waals surface area contributed by atoms with Gasteiger partial charge < -0.3 is 15.4 Å². The number of ether oxygens (including phenoxy) is 1. The van der Waals surface area contributed by atoms with Crippen molar-refractivity contribution in [3.63, 3.8) is 0 Å². The van der Waals surface area contributed by atoms with Gasteiger partial charge in [-0.25, -0.2) is 13.9 Å². The molecule has 1 fully saturated rings. The molecule has 4 rings (SSSR count). The Bertz CT molecular complexity index is 1150. The highest BCUT2D eigenvalue weighted by molar-refractivity contribution is 5.90. The predicted molar refractivity (Wildman–Crippen MR) is 117 cm³/mol. The van der Waals surface area contributed by atoms with E-state index in [1.54, 1.807) is 23.9 Å². The summed E-state index contributed by atoms with van der Waals surface area (Å²) in [5.41, 5.74) is 2.61. The smallest absolute Gasteiger partial charge is 0.414 e. The minimum absolute atomic E-state index is 0.204. The van der Waals surface area contributed by atoms with Gasteiger partial charge in [0.2, 0.25) is 5.91 Å². The van der Waals surface area contributed by atoms with Crippen LogP contribution in [0, 0.1) is 5.82 Å². The van der Waals surface area contributed by atoms with Gasteiger partial charge in [-0.05, 0) is 39.8 Å². The Labute approximate surface area is 189 Å². The Morgan fingerprint density at radius 2 is 2.00 bits per heavy atom. The quantitative estimate of drug-likeness (QED) is 0.534. The monoisotopic (exact) mass is 453 g/mol. The average molecular weight is 453 g/mol. The van der Waals surface area contributed by atoms with Crippen LogP contribution in [0.15, 0.2) is 42.5 Å². The molecule has 1 saturated heterocycles. The molecule has 1 aromatic heterocycles. The maximum Gasteiger partial charge on any atom is 0.414 e. The molecule has 0 unspecified atom stereocenters. The van der Waals surface area contributed by atoms with Crippen LogP contribution < -0.4 is 15.5 Å². The van der Waals surface area contributed by atoms with E-state index in [2.05, 4.69) is 26.2 Å². The molecule has 33 heavy (non-hydrogen) atoms. The zero-order valence-corrected chi connectivity index (χ0v) is 18.3. The molecule has 1 aliphatic rings. The van der Waals surface area contributed by atoms with Gasteiger partial charge in [0.15, 0.2) is 5.82 Å². The van der Waals surface area contributed by atoms with Gasteiger partial charge in [0.1, 0.15) is 11.9 Å². The van der Waals surface area contributed by atoms with E-state index in [0.29, 0.717) is 24.3 Å². The van der Waals surface area contributed by atoms with Crippen molar-refractivity contribution in [2.45, 2.75) is 26.1 Å². The fourth-order valence-corrected chi connectivity index (χ4v) is 3.52. The SMILES string of the molecule is CC(=O)NC[C@H]1CN(c2ccc(-c3ccc(CNCc4nnnn4C)cc3)c(F)c2)C(=O)O1. The Morgan fingerprint density at radius 1 is 1.21 bits per heavy atom. The molecule has 0 radical (unpaired) electrons. The summed E-state index contributed by atoms with van der Waals surface area (Å²) in [5.74, 6) is 0.0905. The van der Waals surface area contributed by atoms with Crippen LogP contribution in [-0.2, 0) is 29.7 Å². The first-order valence-electron chi connectivity index (χ1n) is 10.4. The highest BCUT2D eigenvalue weighted by Crippen LogP contribution is 2.29. The summed E-state index contributed by atoms with van der Waals surface area (Å²) in [5, 5.41) is 17.2. The molecule has 1 atom stereocenters. The summed E-state index contributed by atoms with van der Waals surface area (Å²) in [6, 6.07) is 12.2. The summed E-state index contributed by atoms with van der Waals surface area (Å²) < 4.78 is 21.7. The molecular weight excluding hydrogens is 429 g/mol. The van der Waals surface area contributed by atoms with Crippen molar-refractivity contribution in [2.24, 2.45) is 7.05 Å². The molecule has 0 saturated carbocycles. The number of nitrogens with one attached hydrogen (secondary N) is 2. The third-order valence-corrected chi connectivity index (χ3v) is 5.30. The Balaban J connectivity index is 1.38.